The van der Waals surface area contributed by atoms with Gasteiger partial charge >= 0.3 is 6.18 Å². The maximum absolute atomic E-state index is 12.4. The summed E-state index contributed by atoms with van der Waals surface area (Å²) in [5, 5.41) is 11.7. The van der Waals surface area contributed by atoms with Crippen molar-refractivity contribution in [2.45, 2.75) is 6.18 Å². The van der Waals surface area contributed by atoms with Gasteiger partial charge in [0.05, 0.1) is 12.1 Å². The van der Waals surface area contributed by atoms with E-state index in [9.17, 15) is 13.2 Å². The summed E-state index contributed by atoms with van der Waals surface area (Å²) in [4.78, 5) is 7.79. The molecule has 8 heteroatoms. The van der Waals surface area contributed by atoms with Gasteiger partial charge in [0.1, 0.15) is 18.4 Å². The number of aromatic nitrogens is 2. The average Bonchev–Trinajstić information content (AvgIpc) is 2.51. The minimum Gasteiger partial charge on any atom is -0.492 e. The van der Waals surface area contributed by atoms with Crippen molar-refractivity contribution in [3.8, 4) is 11.8 Å². The van der Waals surface area contributed by atoms with Crippen LogP contribution in [-0.4, -0.2) is 23.1 Å². The number of nitriles is 1. The van der Waals surface area contributed by atoms with Gasteiger partial charge in [0, 0.05) is 12.4 Å². The Morgan fingerprint density at radius 2 is 1.82 bits per heavy atom. The quantitative estimate of drug-likeness (QED) is 0.860. The highest BCUT2D eigenvalue weighted by Crippen LogP contribution is 2.30. The normalized spacial score (nSPS) is 10.8. The van der Waals surface area contributed by atoms with Crippen LogP contribution in [0.4, 0.5) is 19.0 Å². The number of nitrogens with one attached hydrogen (secondary N) is 1. The molecular formula is C14H11F3N4O. The first-order valence-electron chi connectivity index (χ1n) is 6.26. The Kier molecular flexibility index (Phi) is 4.78. The molecule has 0 radical (unpaired) electrons. The van der Waals surface area contributed by atoms with Gasteiger partial charge in [-0.2, -0.15) is 18.4 Å². The molecule has 114 valence electrons. The van der Waals surface area contributed by atoms with Crippen LogP contribution in [0.15, 0.2) is 36.7 Å². The molecule has 1 heterocycles. The second-order valence-corrected chi connectivity index (χ2v) is 4.16. The summed E-state index contributed by atoms with van der Waals surface area (Å²) < 4.78 is 42.5. The molecule has 0 saturated carbocycles. The van der Waals surface area contributed by atoms with Crippen molar-refractivity contribution in [1.82, 2.24) is 9.97 Å². The average molecular weight is 308 g/mol. The number of alkyl halides is 3. The fraction of sp³-hybridized carbons (Fsp3) is 0.214. The van der Waals surface area contributed by atoms with E-state index in [1.54, 1.807) is 0 Å². The van der Waals surface area contributed by atoms with E-state index in [2.05, 4.69) is 15.3 Å². The number of rotatable bonds is 5. The summed E-state index contributed by atoms with van der Waals surface area (Å²) in [5.74, 6) is 0.662. The Morgan fingerprint density at radius 1 is 1.14 bits per heavy atom. The molecule has 5 nitrogen and oxygen atoms in total. The molecule has 0 saturated heterocycles. The van der Waals surface area contributed by atoms with E-state index in [1.807, 2.05) is 6.07 Å². The minimum atomic E-state index is -4.36. The van der Waals surface area contributed by atoms with E-state index >= 15 is 0 Å². The van der Waals surface area contributed by atoms with Crippen molar-refractivity contribution >= 4 is 5.82 Å². The molecule has 0 amide bonds. The van der Waals surface area contributed by atoms with E-state index in [-0.39, 0.29) is 12.3 Å². The number of ether oxygens (including phenoxy) is 1. The predicted molar refractivity (Wildman–Crippen MR) is 72.2 cm³/mol. The summed E-state index contributed by atoms with van der Waals surface area (Å²) in [6, 6.07) is 6.32. The van der Waals surface area contributed by atoms with Crippen molar-refractivity contribution in [1.29, 1.82) is 5.26 Å². The molecule has 0 aliphatic carbocycles. The summed E-state index contributed by atoms with van der Waals surface area (Å²) in [6.07, 6.45) is -1.51. The molecular weight excluding hydrogens is 297 g/mol. The van der Waals surface area contributed by atoms with E-state index in [1.165, 1.54) is 24.5 Å². The monoisotopic (exact) mass is 308 g/mol. The number of hydrogen-bond donors (Lipinski definition) is 1. The van der Waals surface area contributed by atoms with Crippen LogP contribution in [0.2, 0.25) is 0 Å². The lowest BCUT2D eigenvalue weighted by molar-refractivity contribution is -0.137. The summed E-state index contributed by atoms with van der Waals surface area (Å²) >= 11 is 0. The zero-order valence-electron chi connectivity index (χ0n) is 11.3. The highest BCUT2D eigenvalue weighted by atomic mass is 19.4. The van der Waals surface area contributed by atoms with Gasteiger partial charge in [-0.1, -0.05) is 0 Å². The van der Waals surface area contributed by atoms with Crippen molar-refractivity contribution in [3.05, 3.63) is 47.9 Å². The molecule has 0 atom stereocenters. The first-order valence-corrected chi connectivity index (χ1v) is 6.26. The van der Waals surface area contributed by atoms with Gasteiger partial charge < -0.3 is 10.1 Å². The van der Waals surface area contributed by atoms with Crippen LogP contribution in [-0.2, 0) is 6.18 Å². The van der Waals surface area contributed by atoms with Gasteiger partial charge in [-0.25, -0.2) is 9.97 Å². The molecule has 2 rings (SSSR count). The van der Waals surface area contributed by atoms with Crippen LogP contribution in [0.25, 0.3) is 0 Å². The maximum Gasteiger partial charge on any atom is 0.416 e. The van der Waals surface area contributed by atoms with Crippen molar-refractivity contribution in [2.24, 2.45) is 0 Å². The second kappa shape index (κ2) is 6.76. The van der Waals surface area contributed by atoms with Crippen LogP contribution in [0.5, 0.6) is 5.75 Å². The second-order valence-electron chi connectivity index (χ2n) is 4.16. The van der Waals surface area contributed by atoms with Crippen molar-refractivity contribution < 1.29 is 17.9 Å². The fourth-order valence-electron chi connectivity index (χ4n) is 1.63. The predicted octanol–water partition coefficient (Wildman–Crippen LogP) is 2.86. The number of hydrogen-bond acceptors (Lipinski definition) is 5. The van der Waals surface area contributed by atoms with Crippen LogP contribution < -0.4 is 10.1 Å². The molecule has 1 aromatic heterocycles. The molecule has 0 bridgehead atoms. The Hall–Kier alpha value is -2.82. The lowest BCUT2D eigenvalue weighted by Gasteiger charge is -2.10. The highest BCUT2D eigenvalue weighted by molar-refractivity contribution is 5.46. The van der Waals surface area contributed by atoms with Gasteiger partial charge in [0.2, 0.25) is 0 Å². The van der Waals surface area contributed by atoms with Crippen molar-refractivity contribution in [2.75, 3.05) is 18.5 Å². The molecule has 0 unspecified atom stereocenters. The van der Waals surface area contributed by atoms with E-state index in [0.29, 0.717) is 18.1 Å². The smallest absolute Gasteiger partial charge is 0.416 e. The molecule has 2 aromatic rings. The van der Waals surface area contributed by atoms with Crippen LogP contribution in [0.1, 0.15) is 11.3 Å². The topological polar surface area (TPSA) is 70.8 Å². The zero-order valence-corrected chi connectivity index (χ0v) is 11.3. The number of halogens is 3. The largest absolute Gasteiger partial charge is 0.492 e. The molecule has 1 N–H and O–H groups in total. The van der Waals surface area contributed by atoms with Gasteiger partial charge in [0.15, 0.2) is 11.5 Å². The summed E-state index contributed by atoms with van der Waals surface area (Å²) in [7, 11) is 0. The van der Waals surface area contributed by atoms with Gasteiger partial charge in [0.25, 0.3) is 0 Å². The van der Waals surface area contributed by atoms with Crippen LogP contribution in [0.3, 0.4) is 0 Å². The van der Waals surface area contributed by atoms with Crippen LogP contribution >= 0.6 is 0 Å². The Labute approximate surface area is 124 Å². The number of benzene rings is 1. The third-order valence-electron chi connectivity index (χ3n) is 2.65. The Balaban J connectivity index is 1.83. The SMILES string of the molecule is N#Cc1nccnc1NCCOc1ccc(C(F)(F)F)cc1. The molecule has 0 spiro atoms. The van der Waals surface area contributed by atoms with Gasteiger partial charge in [-0.3, -0.25) is 0 Å². The highest BCUT2D eigenvalue weighted by Gasteiger charge is 2.29. The third kappa shape index (κ3) is 4.09. The molecule has 22 heavy (non-hydrogen) atoms. The van der Waals surface area contributed by atoms with E-state index < -0.39 is 11.7 Å². The lowest BCUT2D eigenvalue weighted by Crippen LogP contribution is -2.13. The third-order valence-corrected chi connectivity index (χ3v) is 2.65. The Morgan fingerprint density at radius 3 is 2.45 bits per heavy atom. The minimum absolute atomic E-state index is 0.164. The number of nitrogens with zero attached hydrogens (tertiary/aromatic N) is 3. The van der Waals surface area contributed by atoms with E-state index in [4.69, 9.17) is 10.00 Å². The van der Waals surface area contributed by atoms with Gasteiger partial charge in [-0.15, -0.1) is 0 Å². The maximum atomic E-state index is 12.4. The van der Waals surface area contributed by atoms with Crippen molar-refractivity contribution in [3.63, 3.8) is 0 Å². The molecule has 1 aromatic carbocycles. The molecule has 0 aliphatic rings. The van der Waals surface area contributed by atoms with E-state index in [0.717, 1.165) is 12.1 Å². The zero-order chi connectivity index (χ0) is 16.0. The Bertz CT molecular complexity index is 665. The standard InChI is InChI=1S/C14H11F3N4O/c15-14(16,17)10-1-3-11(4-2-10)22-8-7-21-13-12(9-18)19-5-6-20-13/h1-6H,7-8H2,(H,20,21). The number of anilines is 1. The summed E-state index contributed by atoms with van der Waals surface area (Å²) in [6.45, 7) is 0.529. The first kappa shape index (κ1) is 15.6. The summed E-state index contributed by atoms with van der Waals surface area (Å²) in [5.41, 5.74) is -0.562. The lowest BCUT2D eigenvalue weighted by atomic mass is 10.2. The molecule has 0 fully saturated rings. The first-order chi connectivity index (χ1) is 10.5. The van der Waals surface area contributed by atoms with Gasteiger partial charge in [-0.05, 0) is 24.3 Å². The molecule has 0 aliphatic heterocycles. The fourth-order valence-corrected chi connectivity index (χ4v) is 1.63. The van der Waals surface area contributed by atoms with Crippen LogP contribution in [0, 0.1) is 11.3 Å².